The van der Waals surface area contributed by atoms with Crippen molar-refractivity contribution in [2.75, 3.05) is 6.26 Å². The highest BCUT2D eigenvalue weighted by atomic mass is 35.5. The number of rotatable bonds is 4. The highest BCUT2D eigenvalue weighted by Crippen LogP contribution is 2.35. The van der Waals surface area contributed by atoms with Crippen LogP contribution in [0.3, 0.4) is 0 Å². The van der Waals surface area contributed by atoms with Crippen LogP contribution >= 0.6 is 11.6 Å². The number of aliphatic hydroxyl groups is 2. The molecule has 1 aromatic carbocycles. The van der Waals surface area contributed by atoms with Crippen molar-refractivity contribution in [3.63, 3.8) is 0 Å². The molecule has 0 unspecified atom stereocenters. The van der Waals surface area contributed by atoms with Crippen molar-refractivity contribution in [3.8, 4) is 0 Å². The Hall–Kier alpha value is -2.53. The number of hydrogen-bond acceptors (Lipinski definition) is 7. The maximum absolute atomic E-state index is 12.3. The minimum Gasteiger partial charge on any atom is -0.390 e. The van der Waals surface area contributed by atoms with E-state index < -0.39 is 22.0 Å². The largest absolute Gasteiger partial charge is 0.390 e. The molecule has 31 heavy (non-hydrogen) atoms. The van der Waals surface area contributed by atoms with Crippen molar-refractivity contribution in [2.24, 2.45) is 0 Å². The van der Waals surface area contributed by atoms with Gasteiger partial charge in [0.15, 0.2) is 14.9 Å². The predicted molar refractivity (Wildman–Crippen MR) is 115 cm³/mol. The van der Waals surface area contributed by atoms with Crippen LogP contribution in [0.4, 0.5) is 0 Å². The maximum atomic E-state index is 12.3. The number of sulfone groups is 1. The summed E-state index contributed by atoms with van der Waals surface area (Å²) in [5, 5.41) is 25.6. The molecular weight excluding hydrogens is 442 g/mol. The van der Waals surface area contributed by atoms with E-state index in [0.717, 1.165) is 11.8 Å². The molecule has 11 heteroatoms. The minimum absolute atomic E-state index is 0.0117. The molecule has 2 atom stereocenters. The van der Waals surface area contributed by atoms with Gasteiger partial charge >= 0.3 is 0 Å². The summed E-state index contributed by atoms with van der Waals surface area (Å²) >= 11 is 6.16. The van der Waals surface area contributed by atoms with Gasteiger partial charge in [0.25, 0.3) is 0 Å². The van der Waals surface area contributed by atoms with Crippen LogP contribution in [-0.4, -0.2) is 61.4 Å². The van der Waals surface area contributed by atoms with Gasteiger partial charge in [0.1, 0.15) is 5.82 Å². The first kappa shape index (κ1) is 20.4. The van der Waals surface area contributed by atoms with Crippen LogP contribution in [0.2, 0.25) is 5.02 Å². The lowest BCUT2D eigenvalue weighted by Gasteiger charge is -2.17. The summed E-state index contributed by atoms with van der Waals surface area (Å²) in [5.41, 5.74) is 2.07. The smallest absolute Gasteiger partial charge is 0.195 e. The first-order chi connectivity index (χ1) is 14.7. The average Bonchev–Trinajstić information content (AvgIpc) is 3.35. The van der Waals surface area contributed by atoms with E-state index in [-0.39, 0.29) is 17.6 Å². The van der Waals surface area contributed by atoms with E-state index in [2.05, 4.69) is 10.1 Å². The van der Waals surface area contributed by atoms with E-state index in [1.807, 2.05) is 10.6 Å². The van der Waals surface area contributed by atoms with Crippen LogP contribution in [0.25, 0.3) is 21.9 Å². The zero-order valence-corrected chi connectivity index (χ0v) is 18.1. The molecule has 1 fully saturated rings. The number of nitrogens with zero attached hydrogens (tertiary/aromatic N) is 5. The number of benzene rings is 1. The molecule has 0 radical (unpaired) electrons. The van der Waals surface area contributed by atoms with Crippen molar-refractivity contribution >= 4 is 43.4 Å². The first-order valence-electron chi connectivity index (χ1n) is 9.75. The summed E-state index contributed by atoms with van der Waals surface area (Å²) in [6.45, 7) is 0.187. The number of halogens is 1. The Kier molecular flexibility index (Phi) is 4.78. The average molecular weight is 462 g/mol. The molecule has 0 bridgehead atoms. The summed E-state index contributed by atoms with van der Waals surface area (Å²) < 4.78 is 28.1. The van der Waals surface area contributed by atoms with E-state index in [1.165, 1.54) is 6.20 Å². The summed E-state index contributed by atoms with van der Waals surface area (Å²) in [7, 11) is -3.54. The molecule has 4 aromatic rings. The number of imidazole rings is 1. The van der Waals surface area contributed by atoms with Gasteiger partial charge in [0.05, 0.1) is 41.5 Å². The Morgan fingerprint density at radius 2 is 1.90 bits per heavy atom. The molecule has 0 amide bonds. The molecule has 1 aliphatic rings. The van der Waals surface area contributed by atoms with Crippen LogP contribution in [0, 0.1) is 0 Å². The second-order valence-corrected chi connectivity index (χ2v) is 10.3. The topological polar surface area (TPSA) is 123 Å². The van der Waals surface area contributed by atoms with E-state index in [9.17, 15) is 18.6 Å². The van der Waals surface area contributed by atoms with E-state index in [0.29, 0.717) is 40.1 Å². The highest BCUT2D eigenvalue weighted by Gasteiger charge is 2.34. The third-order valence-electron chi connectivity index (χ3n) is 5.72. The molecule has 5 rings (SSSR count). The van der Waals surface area contributed by atoms with Gasteiger partial charge in [-0.15, -0.1) is 0 Å². The van der Waals surface area contributed by atoms with Crippen molar-refractivity contribution in [1.82, 2.24) is 24.3 Å². The van der Waals surface area contributed by atoms with E-state index in [4.69, 9.17) is 16.6 Å². The molecule has 0 aliphatic heterocycles. The Labute approximate surface area is 182 Å². The summed E-state index contributed by atoms with van der Waals surface area (Å²) in [4.78, 5) is 8.84. The van der Waals surface area contributed by atoms with Crippen molar-refractivity contribution in [2.45, 2.75) is 42.7 Å². The fourth-order valence-corrected chi connectivity index (χ4v) is 5.32. The minimum atomic E-state index is -3.54. The van der Waals surface area contributed by atoms with Crippen LogP contribution in [0.1, 0.15) is 24.7 Å². The second kappa shape index (κ2) is 7.27. The lowest BCUT2D eigenvalue weighted by atomic mass is 10.2. The fraction of sp³-hybridized carbons (Fsp3) is 0.350. The van der Waals surface area contributed by atoms with Crippen molar-refractivity contribution in [1.29, 1.82) is 0 Å². The van der Waals surface area contributed by atoms with Gasteiger partial charge in [0, 0.05) is 28.9 Å². The first-order valence-corrected chi connectivity index (χ1v) is 12.0. The summed E-state index contributed by atoms with van der Waals surface area (Å²) in [6, 6.07) is 6.84. The number of aromatic nitrogens is 5. The normalized spacial score (nSPS) is 20.3. The Bertz CT molecular complexity index is 1400. The molecule has 3 aromatic heterocycles. The molecule has 3 heterocycles. The number of fused-ring (bicyclic) bond motifs is 2. The van der Waals surface area contributed by atoms with Crippen LogP contribution in [0.5, 0.6) is 0 Å². The molecule has 162 valence electrons. The van der Waals surface area contributed by atoms with Gasteiger partial charge < -0.3 is 14.8 Å². The Morgan fingerprint density at radius 1 is 1.16 bits per heavy atom. The Morgan fingerprint density at radius 3 is 2.61 bits per heavy atom. The van der Waals surface area contributed by atoms with Crippen molar-refractivity contribution < 1.29 is 18.6 Å². The van der Waals surface area contributed by atoms with Gasteiger partial charge in [-0.3, -0.25) is 9.67 Å². The fourth-order valence-electron chi connectivity index (χ4n) is 4.34. The van der Waals surface area contributed by atoms with Crippen molar-refractivity contribution in [3.05, 3.63) is 47.5 Å². The molecule has 1 aliphatic carbocycles. The van der Waals surface area contributed by atoms with Crippen LogP contribution in [-0.2, 0) is 16.4 Å². The number of pyridine rings is 1. The standard InChI is InChI=1S/C20H20ClN5O4S/c1-31(29,30)20-13-4-5-22-9-16(13)25(24-20)10-19-23-14-6-11(21)2-3-15(14)26(19)12-7-17(27)18(28)8-12/h2-6,9,12,17-18,27-28H,7-8,10H2,1H3/t17-,18-/m0/s1. The molecule has 0 spiro atoms. The summed E-state index contributed by atoms with van der Waals surface area (Å²) in [6.07, 6.45) is 3.38. The van der Waals surface area contributed by atoms with E-state index >= 15 is 0 Å². The quantitative estimate of drug-likeness (QED) is 0.476. The molecule has 9 nitrogen and oxygen atoms in total. The summed E-state index contributed by atoms with van der Waals surface area (Å²) in [5.74, 6) is 0.622. The monoisotopic (exact) mass is 461 g/mol. The van der Waals surface area contributed by atoms with Gasteiger partial charge in [-0.2, -0.15) is 5.10 Å². The van der Waals surface area contributed by atoms with Gasteiger partial charge in [-0.1, -0.05) is 11.6 Å². The lowest BCUT2D eigenvalue weighted by molar-refractivity contribution is 0.0438. The molecule has 2 N–H and O–H groups in total. The predicted octanol–water partition coefficient (Wildman–Crippen LogP) is 1.94. The second-order valence-electron chi connectivity index (χ2n) is 7.92. The number of hydrogen-bond donors (Lipinski definition) is 2. The maximum Gasteiger partial charge on any atom is 0.195 e. The van der Waals surface area contributed by atoms with Gasteiger partial charge in [-0.25, -0.2) is 13.4 Å². The number of aliphatic hydroxyl groups excluding tert-OH is 2. The Balaban J connectivity index is 1.67. The van der Waals surface area contributed by atoms with E-state index in [1.54, 1.807) is 29.1 Å². The van der Waals surface area contributed by atoms with Crippen LogP contribution < -0.4 is 0 Å². The van der Waals surface area contributed by atoms with Gasteiger partial charge in [0.2, 0.25) is 0 Å². The van der Waals surface area contributed by atoms with Gasteiger partial charge in [-0.05, 0) is 37.1 Å². The zero-order chi connectivity index (χ0) is 21.9. The zero-order valence-electron chi connectivity index (χ0n) is 16.6. The molecule has 1 saturated carbocycles. The third-order valence-corrected chi connectivity index (χ3v) is 6.96. The lowest BCUT2D eigenvalue weighted by Crippen LogP contribution is -2.17. The van der Waals surface area contributed by atoms with Crippen LogP contribution in [0.15, 0.2) is 41.7 Å². The molecular formula is C20H20ClN5O4S. The highest BCUT2D eigenvalue weighted by molar-refractivity contribution is 7.90. The third kappa shape index (κ3) is 3.49. The molecule has 0 saturated heterocycles. The SMILES string of the molecule is CS(=O)(=O)c1nn(Cc2nc3cc(Cl)ccc3n2C2C[C@H](O)[C@@H](O)C2)c2cnccc12.